The van der Waals surface area contributed by atoms with Crippen LogP contribution in [0.2, 0.25) is 0 Å². The molecule has 1 saturated heterocycles. The van der Waals surface area contributed by atoms with Crippen molar-refractivity contribution in [2.75, 3.05) is 53.8 Å². The van der Waals surface area contributed by atoms with Gasteiger partial charge in [0.2, 0.25) is 5.75 Å². The van der Waals surface area contributed by atoms with Crippen LogP contribution in [0.1, 0.15) is 19.4 Å². The fourth-order valence-electron chi connectivity index (χ4n) is 3.20. The lowest BCUT2D eigenvalue weighted by Gasteiger charge is -2.39. The molecule has 27 heavy (non-hydrogen) atoms. The predicted octanol–water partition coefficient (Wildman–Crippen LogP) is 3.28. The summed E-state index contributed by atoms with van der Waals surface area (Å²) in [6, 6.07) is 3.93. The van der Waals surface area contributed by atoms with E-state index in [1.807, 2.05) is 30.9 Å². The van der Waals surface area contributed by atoms with Crippen molar-refractivity contribution in [2.24, 2.45) is 4.99 Å². The van der Waals surface area contributed by atoms with E-state index in [9.17, 15) is 0 Å². The Balaban J connectivity index is 0.00000364. The molecule has 0 aromatic heterocycles. The summed E-state index contributed by atoms with van der Waals surface area (Å²) >= 11 is 2.02. The molecule has 1 aromatic carbocycles. The number of aliphatic imine (C=N–C) groups is 1. The number of thioether (sulfide) groups is 1. The van der Waals surface area contributed by atoms with Gasteiger partial charge in [-0.1, -0.05) is 6.07 Å². The van der Waals surface area contributed by atoms with Crippen LogP contribution in [0.5, 0.6) is 17.2 Å². The molecule has 0 aliphatic carbocycles. The Morgan fingerprint density at radius 1 is 1.19 bits per heavy atom. The Bertz CT molecular complexity index is 641. The molecule has 8 heteroatoms. The monoisotopic (exact) mass is 509 g/mol. The molecule has 6 nitrogen and oxygen atoms in total. The van der Waals surface area contributed by atoms with E-state index in [0.29, 0.717) is 11.5 Å². The molecule has 154 valence electrons. The first-order valence-electron chi connectivity index (χ1n) is 8.83. The molecule has 1 aliphatic rings. The molecule has 0 bridgehead atoms. The lowest BCUT2D eigenvalue weighted by Crippen LogP contribution is -2.51. The van der Waals surface area contributed by atoms with Gasteiger partial charge in [-0.3, -0.25) is 4.99 Å². The highest BCUT2D eigenvalue weighted by atomic mass is 127. The van der Waals surface area contributed by atoms with E-state index in [-0.39, 0.29) is 28.7 Å². The van der Waals surface area contributed by atoms with E-state index in [0.717, 1.165) is 49.1 Å². The standard InChI is InChI=1S/C19H31N3O3S.HI/c1-19(2)13-22(11-12-26-19)18(20-3)21-10-9-14-7-8-15(23-4)17(25-6)16(14)24-5;/h7-8H,9-13H2,1-6H3,(H,20,21);1H. The maximum atomic E-state index is 5.56. The molecule has 0 atom stereocenters. The van der Waals surface area contributed by atoms with Crippen LogP contribution in [0.15, 0.2) is 17.1 Å². The number of nitrogens with one attached hydrogen (secondary N) is 1. The van der Waals surface area contributed by atoms with Crippen molar-refractivity contribution in [2.45, 2.75) is 25.0 Å². The topological polar surface area (TPSA) is 55.3 Å². The van der Waals surface area contributed by atoms with Gasteiger partial charge in [-0.25, -0.2) is 0 Å². The van der Waals surface area contributed by atoms with Gasteiger partial charge in [0.25, 0.3) is 0 Å². The van der Waals surface area contributed by atoms with Crippen LogP contribution in [0.4, 0.5) is 0 Å². The summed E-state index contributed by atoms with van der Waals surface area (Å²) < 4.78 is 16.6. The molecule has 0 amide bonds. The smallest absolute Gasteiger partial charge is 0.203 e. The van der Waals surface area contributed by atoms with Gasteiger partial charge in [-0.05, 0) is 26.3 Å². The second-order valence-electron chi connectivity index (χ2n) is 6.75. The van der Waals surface area contributed by atoms with E-state index < -0.39 is 0 Å². The Hall–Kier alpha value is -1.03. The van der Waals surface area contributed by atoms with Crippen molar-refractivity contribution >= 4 is 41.7 Å². The van der Waals surface area contributed by atoms with Crippen molar-refractivity contribution < 1.29 is 14.2 Å². The SMILES string of the molecule is CN=C(NCCc1ccc(OC)c(OC)c1OC)N1CCSC(C)(C)C1.I. The number of halogens is 1. The zero-order valence-corrected chi connectivity index (χ0v) is 20.3. The number of rotatable bonds is 6. The van der Waals surface area contributed by atoms with Crippen molar-refractivity contribution in [3.8, 4) is 17.2 Å². The van der Waals surface area contributed by atoms with Crippen LogP contribution >= 0.6 is 35.7 Å². The Kier molecular flexibility index (Phi) is 9.86. The van der Waals surface area contributed by atoms with Crippen LogP contribution in [0.25, 0.3) is 0 Å². The molecular formula is C19H32IN3O3S. The highest BCUT2D eigenvalue weighted by molar-refractivity contribution is 14.0. The molecule has 0 radical (unpaired) electrons. The number of nitrogens with zero attached hydrogens (tertiary/aromatic N) is 2. The maximum Gasteiger partial charge on any atom is 0.203 e. The van der Waals surface area contributed by atoms with Gasteiger partial charge in [0, 0.05) is 42.7 Å². The van der Waals surface area contributed by atoms with Gasteiger partial charge >= 0.3 is 0 Å². The van der Waals surface area contributed by atoms with Crippen molar-refractivity contribution in [3.63, 3.8) is 0 Å². The average Bonchev–Trinajstić information content (AvgIpc) is 2.63. The molecule has 2 rings (SSSR count). The molecule has 1 fully saturated rings. The molecule has 1 N–H and O–H groups in total. The second kappa shape index (κ2) is 11.1. The molecular weight excluding hydrogens is 477 g/mol. The van der Waals surface area contributed by atoms with E-state index in [1.54, 1.807) is 21.3 Å². The predicted molar refractivity (Wildman–Crippen MR) is 125 cm³/mol. The van der Waals surface area contributed by atoms with Gasteiger partial charge in [0.05, 0.1) is 21.3 Å². The minimum absolute atomic E-state index is 0. The number of ether oxygens (including phenoxy) is 3. The van der Waals surface area contributed by atoms with Crippen LogP contribution in [0.3, 0.4) is 0 Å². The fraction of sp³-hybridized carbons (Fsp3) is 0.632. The molecule has 0 spiro atoms. The van der Waals surface area contributed by atoms with Crippen molar-refractivity contribution in [1.82, 2.24) is 10.2 Å². The minimum atomic E-state index is 0. The number of guanidine groups is 1. The van der Waals surface area contributed by atoms with Crippen LogP contribution in [0, 0.1) is 0 Å². The Morgan fingerprint density at radius 3 is 2.44 bits per heavy atom. The summed E-state index contributed by atoms with van der Waals surface area (Å²) in [6.45, 7) is 7.35. The Labute approximate surface area is 184 Å². The largest absolute Gasteiger partial charge is 0.493 e. The van der Waals surface area contributed by atoms with Gasteiger partial charge in [0.1, 0.15) is 0 Å². The summed E-state index contributed by atoms with van der Waals surface area (Å²) in [5, 5.41) is 3.48. The van der Waals surface area contributed by atoms with Crippen molar-refractivity contribution in [3.05, 3.63) is 17.7 Å². The molecule has 1 aromatic rings. The normalized spacial score (nSPS) is 16.4. The lowest BCUT2D eigenvalue weighted by atomic mass is 10.1. The first-order chi connectivity index (χ1) is 12.5. The summed E-state index contributed by atoms with van der Waals surface area (Å²) in [5.74, 6) is 4.10. The van der Waals surface area contributed by atoms with E-state index in [4.69, 9.17) is 14.2 Å². The third-order valence-corrected chi connectivity index (χ3v) is 5.70. The van der Waals surface area contributed by atoms with Gasteiger partial charge in [0.15, 0.2) is 17.5 Å². The molecule has 1 heterocycles. The zero-order valence-electron chi connectivity index (χ0n) is 17.1. The van der Waals surface area contributed by atoms with Crippen LogP contribution < -0.4 is 19.5 Å². The number of hydrogen-bond acceptors (Lipinski definition) is 5. The zero-order chi connectivity index (χ0) is 19.2. The highest BCUT2D eigenvalue weighted by Crippen LogP contribution is 2.39. The van der Waals surface area contributed by atoms with Gasteiger partial charge < -0.3 is 24.4 Å². The summed E-state index contributed by atoms with van der Waals surface area (Å²) in [7, 11) is 6.75. The molecule has 0 unspecified atom stereocenters. The average molecular weight is 509 g/mol. The number of methoxy groups -OCH3 is 3. The van der Waals surface area contributed by atoms with E-state index in [1.165, 1.54) is 0 Å². The van der Waals surface area contributed by atoms with E-state index >= 15 is 0 Å². The van der Waals surface area contributed by atoms with Gasteiger partial charge in [-0.15, -0.1) is 24.0 Å². The molecule has 0 saturated carbocycles. The Morgan fingerprint density at radius 2 is 1.89 bits per heavy atom. The second-order valence-corrected chi connectivity index (χ2v) is 8.55. The third-order valence-electron chi connectivity index (χ3n) is 4.40. The fourth-order valence-corrected chi connectivity index (χ4v) is 4.31. The number of benzene rings is 1. The first-order valence-corrected chi connectivity index (χ1v) is 9.81. The quantitative estimate of drug-likeness (QED) is 0.361. The van der Waals surface area contributed by atoms with E-state index in [2.05, 4.69) is 29.1 Å². The summed E-state index contributed by atoms with van der Waals surface area (Å²) in [4.78, 5) is 6.79. The minimum Gasteiger partial charge on any atom is -0.493 e. The number of hydrogen-bond donors (Lipinski definition) is 1. The summed E-state index contributed by atoms with van der Waals surface area (Å²) in [6.07, 6.45) is 0.800. The first kappa shape index (κ1) is 24.0. The highest BCUT2D eigenvalue weighted by Gasteiger charge is 2.28. The molecule has 1 aliphatic heterocycles. The maximum absolute atomic E-state index is 5.56. The van der Waals surface area contributed by atoms with Gasteiger partial charge in [-0.2, -0.15) is 11.8 Å². The third kappa shape index (κ3) is 6.23. The van der Waals surface area contributed by atoms with Crippen LogP contribution in [-0.2, 0) is 6.42 Å². The summed E-state index contributed by atoms with van der Waals surface area (Å²) in [5.41, 5.74) is 1.07. The van der Waals surface area contributed by atoms with Crippen LogP contribution in [-0.4, -0.2) is 69.4 Å². The lowest BCUT2D eigenvalue weighted by molar-refractivity contribution is 0.322. The van der Waals surface area contributed by atoms with Crippen molar-refractivity contribution in [1.29, 1.82) is 0 Å².